The minimum atomic E-state index is -4.52. The monoisotopic (exact) mass is 280 g/mol. The molecule has 1 aromatic carbocycles. The van der Waals surface area contributed by atoms with Gasteiger partial charge in [0, 0.05) is 0 Å². The molecular weight excluding hydrogens is 268 g/mol. The van der Waals surface area contributed by atoms with E-state index < -0.39 is 30.0 Å². The average molecular weight is 280 g/mol. The third-order valence-electron chi connectivity index (χ3n) is 2.29. The number of hydrogen-bond donors (Lipinski definition) is 2. The highest BCUT2D eigenvalue weighted by molar-refractivity contribution is 7.86. The SMILES string of the molecule is CCc1cc(C)c(S(=O)(=O)O)cc1S(=O)(=O)O. The molecule has 0 aliphatic carbocycles. The van der Waals surface area contributed by atoms with Gasteiger partial charge in [-0.15, -0.1) is 0 Å². The normalized spacial score (nSPS) is 12.7. The van der Waals surface area contributed by atoms with Gasteiger partial charge in [-0.25, -0.2) is 0 Å². The summed E-state index contributed by atoms with van der Waals surface area (Å²) in [4.78, 5) is -1.03. The Hall–Kier alpha value is -0.960. The van der Waals surface area contributed by atoms with Crippen LogP contribution in [0.25, 0.3) is 0 Å². The van der Waals surface area contributed by atoms with Gasteiger partial charge in [0.15, 0.2) is 0 Å². The van der Waals surface area contributed by atoms with E-state index in [1.54, 1.807) is 6.92 Å². The number of hydrogen-bond acceptors (Lipinski definition) is 4. The second-order valence-corrected chi connectivity index (χ2v) is 6.31. The van der Waals surface area contributed by atoms with Gasteiger partial charge in [0.25, 0.3) is 20.2 Å². The predicted octanol–water partition coefficient (Wildman–Crippen LogP) is 1.05. The van der Waals surface area contributed by atoms with E-state index >= 15 is 0 Å². The van der Waals surface area contributed by atoms with E-state index in [-0.39, 0.29) is 11.1 Å². The van der Waals surface area contributed by atoms with Gasteiger partial charge in [-0.2, -0.15) is 16.8 Å². The Morgan fingerprint density at radius 3 is 1.82 bits per heavy atom. The van der Waals surface area contributed by atoms with Crippen LogP contribution in [0.5, 0.6) is 0 Å². The summed E-state index contributed by atoms with van der Waals surface area (Å²) in [5.41, 5.74) is 0.508. The molecule has 0 atom stereocenters. The van der Waals surface area contributed by atoms with E-state index in [2.05, 4.69) is 0 Å². The van der Waals surface area contributed by atoms with Gasteiger partial charge in [-0.1, -0.05) is 13.0 Å². The first kappa shape index (κ1) is 14.1. The predicted molar refractivity (Wildman–Crippen MR) is 60.2 cm³/mol. The van der Waals surface area contributed by atoms with Crippen molar-refractivity contribution in [3.63, 3.8) is 0 Å². The summed E-state index contributed by atoms with van der Waals surface area (Å²) in [7, 11) is -9.04. The van der Waals surface area contributed by atoms with Crippen molar-refractivity contribution in [1.29, 1.82) is 0 Å². The van der Waals surface area contributed by atoms with Gasteiger partial charge in [0.05, 0.1) is 9.79 Å². The van der Waals surface area contributed by atoms with E-state index in [1.807, 2.05) is 0 Å². The third-order valence-corrected chi connectivity index (χ3v) is 4.23. The van der Waals surface area contributed by atoms with Crippen LogP contribution in [0, 0.1) is 6.92 Å². The first-order valence-electron chi connectivity index (χ1n) is 4.66. The van der Waals surface area contributed by atoms with E-state index in [9.17, 15) is 16.8 Å². The van der Waals surface area contributed by atoms with Crippen LogP contribution in [0.4, 0.5) is 0 Å². The molecule has 0 saturated carbocycles. The van der Waals surface area contributed by atoms with Crippen molar-refractivity contribution < 1.29 is 25.9 Å². The van der Waals surface area contributed by atoms with Crippen molar-refractivity contribution in [3.8, 4) is 0 Å². The van der Waals surface area contributed by atoms with Gasteiger partial charge >= 0.3 is 0 Å². The Kier molecular flexibility index (Phi) is 3.63. The molecule has 6 nitrogen and oxygen atoms in total. The quantitative estimate of drug-likeness (QED) is 0.801. The van der Waals surface area contributed by atoms with Crippen LogP contribution < -0.4 is 0 Å². The Bertz CT molecular complexity index is 642. The Balaban J connectivity index is 3.73. The molecule has 8 heteroatoms. The molecule has 0 heterocycles. The van der Waals surface area contributed by atoms with Crippen LogP contribution in [-0.2, 0) is 26.7 Å². The molecule has 0 radical (unpaired) electrons. The standard InChI is InChI=1S/C9H12O6S2/c1-3-7-4-6(2)8(16(10,11)12)5-9(7)17(13,14)15/h4-5H,3H2,1-2H3,(H,10,11,12)(H,13,14,15). The lowest BCUT2D eigenvalue weighted by molar-refractivity contribution is 0.480. The van der Waals surface area contributed by atoms with Crippen LogP contribution >= 0.6 is 0 Å². The Morgan fingerprint density at radius 2 is 1.47 bits per heavy atom. The van der Waals surface area contributed by atoms with Gasteiger partial charge in [-0.3, -0.25) is 9.11 Å². The highest BCUT2D eigenvalue weighted by atomic mass is 32.2. The molecule has 0 aliphatic rings. The number of benzene rings is 1. The molecule has 1 aromatic rings. The fraction of sp³-hybridized carbons (Fsp3) is 0.333. The zero-order valence-electron chi connectivity index (χ0n) is 9.21. The number of aryl methyl sites for hydroxylation is 2. The van der Waals surface area contributed by atoms with Gasteiger partial charge in [0.1, 0.15) is 0 Å². The van der Waals surface area contributed by atoms with E-state index in [1.165, 1.54) is 13.0 Å². The lowest BCUT2D eigenvalue weighted by Crippen LogP contribution is -2.08. The van der Waals surface area contributed by atoms with Gasteiger partial charge < -0.3 is 0 Å². The summed E-state index contributed by atoms with van der Waals surface area (Å²) in [5, 5.41) is 0. The van der Waals surface area contributed by atoms with Crippen molar-refractivity contribution in [2.24, 2.45) is 0 Å². The van der Waals surface area contributed by atoms with Crippen molar-refractivity contribution in [3.05, 3.63) is 23.3 Å². The minimum absolute atomic E-state index is 0.219. The topological polar surface area (TPSA) is 109 Å². The molecule has 0 unspecified atom stereocenters. The Labute approximate surface area is 99.8 Å². The zero-order chi connectivity index (χ0) is 13.4. The first-order valence-corrected chi connectivity index (χ1v) is 7.54. The molecule has 96 valence electrons. The van der Waals surface area contributed by atoms with Crippen LogP contribution in [0.15, 0.2) is 21.9 Å². The molecular formula is C9H12O6S2. The second kappa shape index (κ2) is 4.37. The maximum atomic E-state index is 11.1. The third kappa shape index (κ3) is 3.03. The maximum Gasteiger partial charge on any atom is 0.294 e. The number of rotatable bonds is 3. The molecule has 0 aliphatic heterocycles. The van der Waals surface area contributed by atoms with Gasteiger partial charge in [-0.05, 0) is 30.5 Å². The lowest BCUT2D eigenvalue weighted by atomic mass is 10.1. The molecule has 0 saturated heterocycles. The van der Waals surface area contributed by atoms with Gasteiger partial charge in [0.2, 0.25) is 0 Å². The summed E-state index contributed by atoms with van der Waals surface area (Å²) in [6.45, 7) is 3.09. The first-order chi connectivity index (χ1) is 7.57. The van der Waals surface area contributed by atoms with Crippen LogP contribution in [0.1, 0.15) is 18.1 Å². The molecule has 17 heavy (non-hydrogen) atoms. The van der Waals surface area contributed by atoms with Crippen molar-refractivity contribution in [2.45, 2.75) is 30.1 Å². The minimum Gasteiger partial charge on any atom is -0.282 e. The largest absolute Gasteiger partial charge is 0.294 e. The molecule has 0 spiro atoms. The average Bonchev–Trinajstić information content (AvgIpc) is 2.13. The molecule has 1 rings (SSSR count). The summed E-state index contributed by atoms with van der Waals surface area (Å²) in [5.74, 6) is 0. The molecule has 0 bridgehead atoms. The molecule has 0 amide bonds. The summed E-state index contributed by atoms with van der Waals surface area (Å²) in [6.07, 6.45) is 0.307. The lowest BCUT2D eigenvalue weighted by Gasteiger charge is -2.09. The van der Waals surface area contributed by atoms with E-state index in [0.29, 0.717) is 6.42 Å². The highest BCUT2D eigenvalue weighted by Crippen LogP contribution is 2.24. The molecule has 0 fully saturated rings. The van der Waals surface area contributed by atoms with Crippen molar-refractivity contribution in [1.82, 2.24) is 0 Å². The molecule has 0 aromatic heterocycles. The van der Waals surface area contributed by atoms with Crippen molar-refractivity contribution in [2.75, 3.05) is 0 Å². The zero-order valence-corrected chi connectivity index (χ0v) is 10.8. The maximum absolute atomic E-state index is 11.1. The Morgan fingerprint density at radius 1 is 1.00 bits per heavy atom. The smallest absolute Gasteiger partial charge is 0.282 e. The van der Waals surface area contributed by atoms with Crippen molar-refractivity contribution >= 4 is 20.2 Å². The molecule has 2 N–H and O–H groups in total. The van der Waals surface area contributed by atoms with Crippen LogP contribution in [-0.4, -0.2) is 25.9 Å². The second-order valence-electron chi connectivity index (χ2n) is 3.53. The van der Waals surface area contributed by atoms with Crippen LogP contribution in [0.2, 0.25) is 0 Å². The summed E-state index contributed by atoms with van der Waals surface area (Å²) < 4.78 is 62.1. The summed E-state index contributed by atoms with van der Waals surface area (Å²) >= 11 is 0. The van der Waals surface area contributed by atoms with Crippen LogP contribution in [0.3, 0.4) is 0 Å². The highest BCUT2D eigenvalue weighted by Gasteiger charge is 2.21. The summed E-state index contributed by atoms with van der Waals surface area (Å²) in [6, 6.07) is 2.07. The fourth-order valence-electron chi connectivity index (χ4n) is 1.52. The van der Waals surface area contributed by atoms with E-state index in [0.717, 1.165) is 6.07 Å². The fourth-order valence-corrected chi connectivity index (χ4v) is 3.13. The van der Waals surface area contributed by atoms with E-state index in [4.69, 9.17) is 9.11 Å².